The van der Waals surface area contributed by atoms with Crippen LogP contribution in [-0.2, 0) is 15.3 Å². The third kappa shape index (κ3) is 7.04. The van der Waals surface area contributed by atoms with Crippen LogP contribution in [0.1, 0.15) is 51.0 Å². The van der Waals surface area contributed by atoms with Crippen molar-refractivity contribution in [3.05, 3.63) is 64.5 Å². The van der Waals surface area contributed by atoms with Crippen LogP contribution in [0.3, 0.4) is 0 Å². The van der Waals surface area contributed by atoms with E-state index in [1.165, 1.54) is 19.3 Å². The maximum atomic E-state index is 12.7. The highest BCUT2D eigenvalue weighted by Crippen LogP contribution is 2.27. The van der Waals surface area contributed by atoms with Crippen LogP contribution >= 0.6 is 0 Å². The lowest BCUT2D eigenvalue weighted by Crippen LogP contribution is -2.35. The topological polar surface area (TPSA) is 57.9 Å². The minimum Gasteiger partial charge on any atom is -0.493 e. The van der Waals surface area contributed by atoms with E-state index in [-0.39, 0.29) is 5.63 Å². The summed E-state index contributed by atoms with van der Waals surface area (Å²) >= 11 is 0. The molecule has 0 N–H and O–H groups in total. The van der Waals surface area contributed by atoms with Gasteiger partial charge in [-0.3, -0.25) is 0 Å². The summed E-state index contributed by atoms with van der Waals surface area (Å²) in [6.07, 6.45) is 7.82. The van der Waals surface area contributed by atoms with Gasteiger partial charge in [0.1, 0.15) is 11.3 Å². The molecule has 1 heterocycles. The van der Waals surface area contributed by atoms with Gasteiger partial charge in [0.05, 0.1) is 12.2 Å². The summed E-state index contributed by atoms with van der Waals surface area (Å²) in [6.45, 7) is 4.87. The Hall–Kier alpha value is -2.41. The Bertz CT molecular complexity index is 1100. The molecule has 0 aliphatic rings. The summed E-state index contributed by atoms with van der Waals surface area (Å²) in [6, 6.07) is 16.7. The first kappa shape index (κ1) is 26.2. The molecule has 0 atom stereocenters. The fraction of sp³-hybridized carbons (Fsp3) is 0.464. The molecule has 3 aromatic rings. The standard InChI is InChI=1S/C28H38O5Si/c1-5-22-14-10-11-15-25(22)26-20-23-16-17-24(21-27(23)33-28(26)29)32-18-12-8-6-7-9-13-19-34(4,30-2)31-3/h10-11,14-17,20-21H,5-9,12-13,18-19H2,1-4H3. The lowest BCUT2D eigenvalue weighted by molar-refractivity contribution is 0.248. The molecule has 0 aliphatic carbocycles. The first-order chi connectivity index (χ1) is 16.5. The number of hydrogen-bond acceptors (Lipinski definition) is 5. The third-order valence-electron chi connectivity index (χ3n) is 6.55. The van der Waals surface area contributed by atoms with Gasteiger partial charge in [0.25, 0.3) is 0 Å². The van der Waals surface area contributed by atoms with Crippen molar-refractivity contribution >= 4 is 19.5 Å². The van der Waals surface area contributed by atoms with Gasteiger partial charge in [-0.05, 0) is 54.8 Å². The van der Waals surface area contributed by atoms with Crippen LogP contribution < -0.4 is 10.4 Å². The van der Waals surface area contributed by atoms with Gasteiger partial charge in [-0.15, -0.1) is 0 Å². The van der Waals surface area contributed by atoms with Crippen LogP contribution in [-0.4, -0.2) is 29.4 Å². The molecule has 184 valence electrons. The molecular weight excluding hydrogens is 444 g/mol. The normalized spacial score (nSPS) is 11.8. The Kier molecular flexibility index (Phi) is 9.93. The smallest absolute Gasteiger partial charge is 0.344 e. The van der Waals surface area contributed by atoms with Crippen molar-refractivity contribution in [1.82, 2.24) is 0 Å². The number of rotatable bonds is 14. The highest BCUT2D eigenvalue weighted by atomic mass is 28.4. The molecular formula is C28H38O5Si. The van der Waals surface area contributed by atoms with Crippen LogP contribution in [0.25, 0.3) is 22.1 Å². The highest BCUT2D eigenvalue weighted by Gasteiger charge is 2.27. The number of aryl methyl sites for hydroxylation is 1. The molecule has 0 fully saturated rings. The summed E-state index contributed by atoms with van der Waals surface area (Å²) in [4.78, 5) is 12.7. The van der Waals surface area contributed by atoms with Gasteiger partial charge in [-0.25, -0.2) is 4.79 Å². The van der Waals surface area contributed by atoms with Crippen LogP contribution in [0.4, 0.5) is 0 Å². The molecule has 2 aromatic carbocycles. The molecule has 0 unspecified atom stereocenters. The van der Waals surface area contributed by atoms with E-state index in [0.29, 0.717) is 17.8 Å². The van der Waals surface area contributed by atoms with Crippen molar-refractivity contribution in [2.75, 3.05) is 20.8 Å². The molecule has 0 saturated heterocycles. The van der Waals surface area contributed by atoms with Gasteiger partial charge in [-0.2, -0.15) is 0 Å². The zero-order chi connectivity index (χ0) is 24.4. The molecule has 0 saturated carbocycles. The van der Waals surface area contributed by atoms with Gasteiger partial charge >= 0.3 is 14.2 Å². The van der Waals surface area contributed by atoms with E-state index in [9.17, 15) is 4.79 Å². The molecule has 0 radical (unpaired) electrons. The van der Waals surface area contributed by atoms with Crippen LogP contribution in [0, 0.1) is 0 Å². The van der Waals surface area contributed by atoms with E-state index in [2.05, 4.69) is 19.5 Å². The first-order valence-electron chi connectivity index (χ1n) is 12.4. The summed E-state index contributed by atoms with van der Waals surface area (Å²) in [7, 11) is 1.59. The van der Waals surface area contributed by atoms with Crippen molar-refractivity contribution in [3.63, 3.8) is 0 Å². The van der Waals surface area contributed by atoms with Gasteiger partial charge in [0.15, 0.2) is 0 Å². The van der Waals surface area contributed by atoms with Crippen molar-refractivity contribution < 1.29 is 18.0 Å². The van der Waals surface area contributed by atoms with E-state index < -0.39 is 8.56 Å². The number of benzene rings is 2. The molecule has 1 aromatic heterocycles. The SMILES string of the molecule is CCc1ccccc1-c1cc2ccc(OCCCCCCCC[Si](C)(OC)OC)cc2oc1=O. The minimum absolute atomic E-state index is 0.315. The summed E-state index contributed by atoms with van der Waals surface area (Å²) < 4.78 is 22.6. The van der Waals surface area contributed by atoms with E-state index in [0.717, 1.165) is 54.0 Å². The highest BCUT2D eigenvalue weighted by molar-refractivity contribution is 6.65. The molecule has 0 aliphatic heterocycles. The molecule has 6 heteroatoms. The Morgan fingerprint density at radius 2 is 1.56 bits per heavy atom. The Balaban J connectivity index is 1.46. The zero-order valence-corrected chi connectivity index (χ0v) is 22.0. The number of ether oxygens (including phenoxy) is 1. The monoisotopic (exact) mass is 482 g/mol. The second-order valence-electron chi connectivity index (χ2n) is 8.92. The Morgan fingerprint density at radius 1 is 0.853 bits per heavy atom. The number of fused-ring (bicyclic) bond motifs is 1. The fourth-order valence-corrected chi connectivity index (χ4v) is 5.66. The molecule has 34 heavy (non-hydrogen) atoms. The predicted molar refractivity (Wildman–Crippen MR) is 141 cm³/mol. The summed E-state index contributed by atoms with van der Waals surface area (Å²) in [5, 5.41) is 0.897. The van der Waals surface area contributed by atoms with E-state index >= 15 is 0 Å². The maximum absolute atomic E-state index is 12.7. The Labute approximate surface area is 204 Å². The van der Waals surface area contributed by atoms with E-state index in [4.69, 9.17) is 18.0 Å². The minimum atomic E-state index is -1.91. The molecule has 0 spiro atoms. The van der Waals surface area contributed by atoms with Crippen LogP contribution in [0.15, 0.2) is 57.7 Å². The molecule has 0 amide bonds. The third-order valence-corrected chi connectivity index (χ3v) is 9.54. The molecule has 3 rings (SSSR count). The van der Waals surface area contributed by atoms with E-state index in [1.807, 2.05) is 42.5 Å². The number of hydrogen-bond donors (Lipinski definition) is 0. The van der Waals surface area contributed by atoms with Gasteiger partial charge in [0.2, 0.25) is 0 Å². The second-order valence-corrected chi connectivity index (χ2v) is 12.5. The largest absolute Gasteiger partial charge is 0.493 e. The van der Waals surface area contributed by atoms with Crippen LogP contribution in [0.2, 0.25) is 12.6 Å². The fourth-order valence-electron chi connectivity index (χ4n) is 4.19. The quantitative estimate of drug-likeness (QED) is 0.139. The molecule has 0 bridgehead atoms. The first-order valence-corrected chi connectivity index (χ1v) is 14.9. The lowest BCUT2D eigenvalue weighted by Gasteiger charge is -2.22. The predicted octanol–water partition coefficient (Wildman–Crippen LogP) is 7.11. The summed E-state index contributed by atoms with van der Waals surface area (Å²) in [5.41, 5.74) is 2.93. The summed E-state index contributed by atoms with van der Waals surface area (Å²) in [5.74, 6) is 0.737. The Morgan fingerprint density at radius 3 is 2.29 bits per heavy atom. The van der Waals surface area contributed by atoms with Crippen molar-refractivity contribution in [2.45, 2.75) is 64.5 Å². The van der Waals surface area contributed by atoms with Crippen molar-refractivity contribution in [3.8, 4) is 16.9 Å². The average Bonchev–Trinajstić information content (AvgIpc) is 2.87. The van der Waals surface area contributed by atoms with E-state index in [1.54, 1.807) is 14.2 Å². The second kappa shape index (κ2) is 12.9. The number of unbranched alkanes of at least 4 members (excludes halogenated alkanes) is 5. The van der Waals surface area contributed by atoms with Gasteiger partial charge in [0, 0.05) is 25.7 Å². The average molecular weight is 483 g/mol. The van der Waals surface area contributed by atoms with Gasteiger partial charge < -0.3 is 18.0 Å². The maximum Gasteiger partial charge on any atom is 0.344 e. The van der Waals surface area contributed by atoms with Crippen LogP contribution in [0.5, 0.6) is 5.75 Å². The van der Waals surface area contributed by atoms with Crippen molar-refractivity contribution in [1.29, 1.82) is 0 Å². The molecule has 5 nitrogen and oxygen atoms in total. The van der Waals surface area contributed by atoms with Gasteiger partial charge in [-0.1, -0.05) is 63.3 Å². The lowest BCUT2D eigenvalue weighted by atomic mass is 9.99. The zero-order valence-electron chi connectivity index (χ0n) is 21.0. The van der Waals surface area contributed by atoms with Crippen molar-refractivity contribution in [2.24, 2.45) is 0 Å².